The molecule has 0 aromatic carbocycles. The Morgan fingerprint density at radius 3 is 2.92 bits per heavy atom. The molecule has 1 nitrogen and oxygen atoms in total. The smallest absolute Gasteiger partial charge is 0.0105 e. The molecule has 2 atom stereocenters. The van der Waals surface area contributed by atoms with Gasteiger partial charge in [0.25, 0.3) is 0 Å². The van der Waals surface area contributed by atoms with Gasteiger partial charge in [0.05, 0.1) is 0 Å². The average Bonchev–Trinajstić information content (AvgIpc) is 2.16. The molecule has 12 heavy (non-hydrogen) atoms. The monoisotopic (exact) mass is 167 g/mol. The van der Waals surface area contributed by atoms with Gasteiger partial charge in [-0.25, -0.2) is 0 Å². The minimum absolute atomic E-state index is 0.754. The van der Waals surface area contributed by atoms with Crippen molar-refractivity contribution in [3.05, 3.63) is 12.2 Å². The average molecular weight is 167 g/mol. The molecule has 1 N–H and O–H groups in total. The zero-order valence-electron chi connectivity index (χ0n) is 8.34. The normalized spacial score (nSPS) is 25.7. The molecule has 0 aliphatic heterocycles. The molecule has 0 saturated carbocycles. The molecule has 0 heterocycles. The Morgan fingerprint density at radius 2 is 2.33 bits per heavy atom. The van der Waals surface area contributed by atoms with Gasteiger partial charge in [-0.3, -0.25) is 0 Å². The first-order chi connectivity index (χ1) is 5.83. The van der Waals surface area contributed by atoms with Crippen LogP contribution in [0, 0.1) is 5.92 Å². The SMILES string of the molecule is CCC(C)CNC1CC=CCC1. The third kappa shape index (κ3) is 3.40. The molecule has 1 rings (SSSR count). The maximum Gasteiger partial charge on any atom is 0.0105 e. The fraction of sp³-hybridized carbons (Fsp3) is 0.818. The summed E-state index contributed by atoms with van der Waals surface area (Å²) < 4.78 is 0. The highest BCUT2D eigenvalue weighted by Gasteiger charge is 2.09. The van der Waals surface area contributed by atoms with Gasteiger partial charge in [0.2, 0.25) is 0 Å². The van der Waals surface area contributed by atoms with Gasteiger partial charge >= 0.3 is 0 Å². The van der Waals surface area contributed by atoms with Gasteiger partial charge in [0, 0.05) is 6.04 Å². The molecular formula is C11H21N. The second kappa shape index (κ2) is 5.36. The molecule has 0 aromatic heterocycles. The van der Waals surface area contributed by atoms with E-state index in [2.05, 4.69) is 31.3 Å². The fourth-order valence-electron chi connectivity index (χ4n) is 1.49. The first-order valence-electron chi connectivity index (χ1n) is 5.21. The summed E-state index contributed by atoms with van der Waals surface area (Å²) in [6, 6.07) is 0.754. The molecular weight excluding hydrogens is 146 g/mol. The van der Waals surface area contributed by atoms with Gasteiger partial charge in [-0.05, 0) is 31.7 Å². The zero-order valence-corrected chi connectivity index (χ0v) is 8.34. The van der Waals surface area contributed by atoms with Crippen LogP contribution in [0.1, 0.15) is 39.5 Å². The summed E-state index contributed by atoms with van der Waals surface area (Å²) in [4.78, 5) is 0. The Hall–Kier alpha value is -0.300. The van der Waals surface area contributed by atoms with E-state index in [9.17, 15) is 0 Å². The van der Waals surface area contributed by atoms with E-state index in [0.717, 1.165) is 12.0 Å². The van der Waals surface area contributed by atoms with Crippen molar-refractivity contribution in [3.8, 4) is 0 Å². The van der Waals surface area contributed by atoms with Crippen LogP contribution in [0.3, 0.4) is 0 Å². The maximum atomic E-state index is 3.62. The van der Waals surface area contributed by atoms with Crippen LogP contribution in [-0.2, 0) is 0 Å². The van der Waals surface area contributed by atoms with Gasteiger partial charge < -0.3 is 5.32 Å². The van der Waals surface area contributed by atoms with E-state index in [1.54, 1.807) is 0 Å². The quantitative estimate of drug-likeness (QED) is 0.635. The zero-order chi connectivity index (χ0) is 8.81. The number of rotatable bonds is 4. The summed E-state index contributed by atoms with van der Waals surface area (Å²) in [5.74, 6) is 0.830. The van der Waals surface area contributed by atoms with E-state index in [4.69, 9.17) is 0 Å². The first-order valence-corrected chi connectivity index (χ1v) is 5.21. The molecule has 1 aliphatic carbocycles. The van der Waals surface area contributed by atoms with Gasteiger partial charge in [-0.15, -0.1) is 0 Å². The summed E-state index contributed by atoms with van der Waals surface area (Å²) in [6.45, 7) is 5.76. The number of hydrogen-bond donors (Lipinski definition) is 1. The van der Waals surface area contributed by atoms with Crippen LogP contribution in [0.4, 0.5) is 0 Å². The molecule has 0 radical (unpaired) electrons. The molecule has 0 aromatic rings. The highest BCUT2D eigenvalue weighted by molar-refractivity contribution is 4.92. The third-order valence-electron chi connectivity index (χ3n) is 2.72. The van der Waals surface area contributed by atoms with E-state index in [0.29, 0.717) is 0 Å². The number of nitrogens with one attached hydrogen (secondary N) is 1. The minimum Gasteiger partial charge on any atom is -0.313 e. The van der Waals surface area contributed by atoms with Gasteiger partial charge in [-0.2, -0.15) is 0 Å². The lowest BCUT2D eigenvalue weighted by molar-refractivity contribution is 0.417. The van der Waals surface area contributed by atoms with Gasteiger partial charge in [0.1, 0.15) is 0 Å². The Balaban J connectivity index is 2.10. The Kier molecular flexibility index (Phi) is 4.37. The van der Waals surface area contributed by atoms with Crippen LogP contribution in [0.2, 0.25) is 0 Å². The van der Waals surface area contributed by atoms with Crippen LogP contribution in [0.25, 0.3) is 0 Å². The van der Waals surface area contributed by atoms with E-state index in [1.165, 1.54) is 32.2 Å². The van der Waals surface area contributed by atoms with Crippen molar-refractivity contribution in [1.82, 2.24) is 5.32 Å². The lowest BCUT2D eigenvalue weighted by atomic mass is 10.0. The Labute approximate surface area is 76.2 Å². The topological polar surface area (TPSA) is 12.0 Å². The Bertz CT molecular complexity index is 140. The van der Waals surface area contributed by atoms with Crippen molar-refractivity contribution in [3.63, 3.8) is 0 Å². The summed E-state index contributed by atoms with van der Waals surface area (Å²) in [6.07, 6.45) is 9.70. The van der Waals surface area contributed by atoms with E-state index >= 15 is 0 Å². The molecule has 0 bridgehead atoms. The van der Waals surface area contributed by atoms with Crippen molar-refractivity contribution < 1.29 is 0 Å². The van der Waals surface area contributed by atoms with Crippen molar-refractivity contribution in [2.45, 2.75) is 45.6 Å². The molecule has 1 aliphatic rings. The second-order valence-electron chi connectivity index (χ2n) is 3.90. The van der Waals surface area contributed by atoms with E-state index in [1.807, 2.05) is 0 Å². The second-order valence-corrected chi connectivity index (χ2v) is 3.90. The third-order valence-corrected chi connectivity index (χ3v) is 2.72. The predicted molar refractivity (Wildman–Crippen MR) is 54.2 cm³/mol. The van der Waals surface area contributed by atoms with E-state index in [-0.39, 0.29) is 0 Å². The molecule has 0 saturated heterocycles. The lowest BCUT2D eigenvalue weighted by Crippen LogP contribution is -2.33. The van der Waals surface area contributed by atoms with Crippen LogP contribution in [0.15, 0.2) is 12.2 Å². The number of allylic oxidation sites excluding steroid dienone is 1. The maximum absolute atomic E-state index is 3.62. The van der Waals surface area contributed by atoms with E-state index < -0.39 is 0 Å². The molecule has 0 amide bonds. The largest absolute Gasteiger partial charge is 0.313 e. The highest BCUT2D eigenvalue weighted by atomic mass is 14.9. The number of hydrogen-bond acceptors (Lipinski definition) is 1. The molecule has 0 fully saturated rings. The van der Waals surface area contributed by atoms with Crippen molar-refractivity contribution in [2.24, 2.45) is 5.92 Å². The molecule has 1 heteroatoms. The van der Waals surface area contributed by atoms with Gasteiger partial charge in [0.15, 0.2) is 0 Å². The Morgan fingerprint density at radius 1 is 1.50 bits per heavy atom. The van der Waals surface area contributed by atoms with Crippen LogP contribution >= 0.6 is 0 Å². The summed E-state index contributed by atoms with van der Waals surface area (Å²) in [5.41, 5.74) is 0. The lowest BCUT2D eigenvalue weighted by Gasteiger charge is -2.21. The van der Waals surface area contributed by atoms with Gasteiger partial charge in [-0.1, -0.05) is 32.4 Å². The van der Waals surface area contributed by atoms with Crippen LogP contribution in [0.5, 0.6) is 0 Å². The highest BCUT2D eigenvalue weighted by Crippen LogP contribution is 2.11. The van der Waals surface area contributed by atoms with Crippen molar-refractivity contribution in [1.29, 1.82) is 0 Å². The van der Waals surface area contributed by atoms with Crippen LogP contribution in [-0.4, -0.2) is 12.6 Å². The summed E-state index contributed by atoms with van der Waals surface area (Å²) in [5, 5.41) is 3.62. The molecule has 70 valence electrons. The van der Waals surface area contributed by atoms with Crippen LogP contribution < -0.4 is 5.32 Å². The summed E-state index contributed by atoms with van der Waals surface area (Å²) in [7, 11) is 0. The molecule has 2 unspecified atom stereocenters. The fourth-order valence-corrected chi connectivity index (χ4v) is 1.49. The first kappa shape index (κ1) is 9.79. The molecule has 0 spiro atoms. The van der Waals surface area contributed by atoms with Crippen molar-refractivity contribution in [2.75, 3.05) is 6.54 Å². The predicted octanol–water partition coefficient (Wildman–Crippen LogP) is 2.73. The minimum atomic E-state index is 0.754. The van der Waals surface area contributed by atoms with Crippen molar-refractivity contribution >= 4 is 0 Å². The summed E-state index contributed by atoms with van der Waals surface area (Å²) >= 11 is 0. The standard InChI is InChI=1S/C11H21N/c1-3-10(2)9-12-11-7-5-4-6-8-11/h4-5,10-12H,3,6-9H2,1-2H3.